The Morgan fingerprint density at radius 1 is 1.04 bits per heavy atom. The predicted molar refractivity (Wildman–Crippen MR) is 80.6 cm³/mol. The molecule has 0 N–H and O–H groups in total. The zero-order chi connectivity index (χ0) is 18.7. The van der Waals surface area contributed by atoms with Gasteiger partial charge in [0.1, 0.15) is 0 Å². The summed E-state index contributed by atoms with van der Waals surface area (Å²) in [6.45, 7) is 5.20. The summed E-state index contributed by atoms with van der Waals surface area (Å²) >= 11 is 0. The average molecular weight is 356 g/mol. The summed E-state index contributed by atoms with van der Waals surface area (Å²) < 4.78 is 71.4. The van der Waals surface area contributed by atoms with E-state index in [0.29, 0.717) is 11.1 Å². The molecular formula is C18H13F5O2. The van der Waals surface area contributed by atoms with Gasteiger partial charge in [0, 0.05) is 0 Å². The Hall–Kier alpha value is -2.70. The van der Waals surface area contributed by atoms with Gasteiger partial charge in [-0.3, -0.25) is 4.79 Å². The van der Waals surface area contributed by atoms with Crippen LogP contribution in [0.5, 0.6) is 5.75 Å². The van der Waals surface area contributed by atoms with E-state index >= 15 is 0 Å². The number of aryl methyl sites for hydroxylation is 1. The number of rotatable bonds is 5. The Morgan fingerprint density at radius 2 is 1.56 bits per heavy atom. The summed E-state index contributed by atoms with van der Waals surface area (Å²) in [4.78, 5) is 12.3. The lowest BCUT2D eigenvalue weighted by Crippen LogP contribution is -2.21. The highest BCUT2D eigenvalue weighted by molar-refractivity contribution is 5.81. The first kappa shape index (κ1) is 18.6. The second kappa shape index (κ2) is 7.46. The molecule has 2 aromatic carbocycles. The normalized spacial score (nSPS) is 11.9. The van der Waals surface area contributed by atoms with Crippen LogP contribution in [-0.2, 0) is 4.79 Å². The maximum absolute atomic E-state index is 13.7. The van der Waals surface area contributed by atoms with E-state index in [1.807, 2.05) is 0 Å². The van der Waals surface area contributed by atoms with Crippen molar-refractivity contribution in [1.82, 2.24) is 0 Å². The number of hydrogen-bond donors (Lipinski definition) is 0. The Balaban J connectivity index is 2.44. The molecule has 0 spiro atoms. The molecule has 0 saturated heterocycles. The van der Waals surface area contributed by atoms with Gasteiger partial charge in [-0.1, -0.05) is 30.3 Å². The van der Waals surface area contributed by atoms with Crippen LogP contribution in [0.3, 0.4) is 0 Å². The number of hydrogen-bond acceptors (Lipinski definition) is 2. The predicted octanol–water partition coefficient (Wildman–Crippen LogP) is 4.96. The molecule has 0 heterocycles. The van der Waals surface area contributed by atoms with Gasteiger partial charge in [0.05, 0.1) is 5.92 Å². The first-order valence-corrected chi connectivity index (χ1v) is 7.19. The molecule has 2 rings (SSSR count). The highest BCUT2D eigenvalue weighted by Gasteiger charge is 2.31. The number of carbonyl (C=O) groups excluding carboxylic acids is 1. The zero-order valence-corrected chi connectivity index (χ0v) is 13.1. The fourth-order valence-corrected chi connectivity index (χ4v) is 2.34. The monoisotopic (exact) mass is 356 g/mol. The highest BCUT2D eigenvalue weighted by atomic mass is 19.2. The summed E-state index contributed by atoms with van der Waals surface area (Å²) in [5.41, 5.74) is 1.19. The van der Waals surface area contributed by atoms with Crippen LogP contribution in [0, 0.1) is 36.0 Å². The first-order chi connectivity index (χ1) is 11.8. The lowest BCUT2D eigenvalue weighted by atomic mass is 9.92. The van der Waals surface area contributed by atoms with E-state index in [2.05, 4.69) is 11.3 Å². The second-order valence-corrected chi connectivity index (χ2v) is 5.25. The molecule has 2 nitrogen and oxygen atoms in total. The smallest absolute Gasteiger partial charge is 0.319 e. The van der Waals surface area contributed by atoms with E-state index in [1.165, 1.54) is 6.08 Å². The topological polar surface area (TPSA) is 26.3 Å². The molecule has 7 heteroatoms. The van der Waals surface area contributed by atoms with Crippen LogP contribution in [0.2, 0.25) is 0 Å². The first-order valence-electron chi connectivity index (χ1n) is 7.19. The summed E-state index contributed by atoms with van der Waals surface area (Å²) in [5.74, 6) is -14.9. The molecule has 1 atom stereocenters. The van der Waals surface area contributed by atoms with E-state index in [1.54, 1.807) is 31.2 Å². The SMILES string of the molecule is C=CC[C@@H](C(=O)Oc1c(F)c(F)c(F)c(F)c1F)c1ccccc1C. The van der Waals surface area contributed by atoms with Gasteiger partial charge in [-0.05, 0) is 24.5 Å². The van der Waals surface area contributed by atoms with Gasteiger partial charge < -0.3 is 4.74 Å². The van der Waals surface area contributed by atoms with E-state index < -0.39 is 46.7 Å². The molecule has 132 valence electrons. The maximum atomic E-state index is 13.7. The summed E-state index contributed by atoms with van der Waals surface area (Å²) in [5, 5.41) is 0. The van der Waals surface area contributed by atoms with Crippen LogP contribution in [0.1, 0.15) is 23.5 Å². The van der Waals surface area contributed by atoms with Crippen molar-refractivity contribution in [3.8, 4) is 5.75 Å². The van der Waals surface area contributed by atoms with Crippen LogP contribution in [0.4, 0.5) is 22.0 Å². The van der Waals surface area contributed by atoms with Crippen molar-refractivity contribution in [2.75, 3.05) is 0 Å². The fourth-order valence-electron chi connectivity index (χ4n) is 2.34. The Bertz CT molecular complexity index is 803. The van der Waals surface area contributed by atoms with Crippen LogP contribution in [0.15, 0.2) is 36.9 Å². The van der Waals surface area contributed by atoms with Gasteiger partial charge in [0.15, 0.2) is 0 Å². The summed E-state index contributed by atoms with van der Waals surface area (Å²) in [6.07, 6.45) is 1.44. The number of ether oxygens (including phenoxy) is 1. The second-order valence-electron chi connectivity index (χ2n) is 5.25. The molecule has 0 aliphatic rings. The molecule has 0 aliphatic carbocycles. The van der Waals surface area contributed by atoms with Gasteiger partial charge in [0.2, 0.25) is 34.8 Å². The molecule has 2 aromatic rings. The summed E-state index contributed by atoms with van der Waals surface area (Å²) in [7, 11) is 0. The number of halogens is 5. The molecule has 0 radical (unpaired) electrons. The molecule has 0 saturated carbocycles. The Morgan fingerprint density at radius 3 is 2.08 bits per heavy atom. The van der Waals surface area contributed by atoms with Crippen molar-refractivity contribution < 1.29 is 31.5 Å². The Kier molecular flexibility index (Phi) is 5.56. The number of allylic oxidation sites excluding steroid dienone is 1. The molecule has 0 bridgehead atoms. The van der Waals surface area contributed by atoms with Gasteiger partial charge in [-0.15, -0.1) is 6.58 Å². The number of benzene rings is 2. The van der Waals surface area contributed by atoms with E-state index in [-0.39, 0.29) is 6.42 Å². The quantitative estimate of drug-likeness (QED) is 0.189. The standard InChI is InChI=1S/C18H13F5O2/c1-3-6-11(10-8-5-4-7-9(10)2)18(24)25-17-15(22)13(20)12(19)14(21)16(17)23/h3-5,7-8,11H,1,6H2,2H3/t11-/m1/s1. The highest BCUT2D eigenvalue weighted by Crippen LogP contribution is 2.32. The van der Waals surface area contributed by atoms with Crippen LogP contribution in [0.25, 0.3) is 0 Å². The van der Waals surface area contributed by atoms with Crippen molar-refractivity contribution in [3.05, 3.63) is 77.1 Å². The molecule has 0 aromatic heterocycles. The molecule has 0 fully saturated rings. The number of esters is 1. The third-order valence-electron chi connectivity index (χ3n) is 3.62. The fraction of sp³-hybridized carbons (Fsp3) is 0.167. The van der Waals surface area contributed by atoms with Crippen LogP contribution in [-0.4, -0.2) is 5.97 Å². The maximum Gasteiger partial charge on any atom is 0.319 e. The van der Waals surface area contributed by atoms with Crippen molar-refractivity contribution in [1.29, 1.82) is 0 Å². The number of carbonyl (C=O) groups is 1. The van der Waals surface area contributed by atoms with Crippen LogP contribution >= 0.6 is 0 Å². The van der Waals surface area contributed by atoms with E-state index in [9.17, 15) is 26.7 Å². The van der Waals surface area contributed by atoms with Gasteiger partial charge in [-0.2, -0.15) is 8.78 Å². The zero-order valence-electron chi connectivity index (χ0n) is 13.1. The van der Waals surface area contributed by atoms with Crippen molar-refractivity contribution >= 4 is 5.97 Å². The molecule has 0 amide bonds. The molecule has 25 heavy (non-hydrogen) atoms. The largest absolute Gasteiger partial charge is 0.420 e. The van der Waals surface area contributed by atoms with Crippen molar-refractivity contribution in [3.63, 3.8) is 0 Å². The minimum Gasteiger partial charge on any atom is -0.420 e. The molecular weight excluding hydrogens is 343 g/mol. The minimum atomic E-state index is -2.32. The Labute approximate surface area is 140 Å². The third-order valence-corrected chi connectivity index (χ3v) is 3.62. The van der Waals surface area contributed by atoms with Gasteiger partial charge >= 0.3 is 5.97 Å². The lowest BCUT2D eigenvalue weighted by Gasteiger charge is -2.17. The van der Waals surface area contributed by atoms with Gasteiger partial charge in [0.25, 0.3) is 0 Å². The van der Waals surface area contributed by atoms with Gasteiger partial charge in [-0.25, -0.2) is 13.2 Å². The minimum absolute atomic E-state index is 0.0546. The molecule has 0 unspecified atom stereocenters. The third kappa shape index (κ3) is 3.55. The van der Waals surface area contributed by atoms with Crippen molar-refractivity contribution in [2.45, 2.75) is 19.3 Å². The van der Waals surface area contributed by atoms with Crippen molar-refractivity contribution in [2.24, 2.45) is 0 Å². The average Bonchev–Trinajstić information content (AvgIpc) is 2.60. The van der Waals surface area contributed by atoms with E-state index in [0.717, 1.165) is 0 Å². The van der Waals surface area contributed by atoms with Crippen LogP contribution < -0.4 is 4.74 Å². The summed E-state index contributed by atoms with van der Waals surface area (Å²) in [6, 6.07) is 6.67. The lowest BCUT2D eigenvalue weighted by molar-refractivity contribution is -0.136. The van der Waals surface area contributed by atoms with E-state index in [4.69, 9.17) is 0 Å². The molecule has 0 aliphatic heterocycles.